The van der Waals surface area contributed by atoms with Gasteiger partial charge in [0.15, 0.2) is 10.8 Å². The fourth-order valence-electron chi connectivity index (χ4n) is 8.12. The number of aromatic nitrogens is 4. The summed E-state index contributed by atoms with van der Waals surface area (Å²) in [7, 11) is 1.75. The third kappa shape index (κ3) is 11.0. The van der Waals surface area contributed by atoms with Gasteiger partial charge in [-0.05, 0) is 49.7 Å². The van der Waals surface area contributed by atoms with Crippen molar-refractivity contribution in [2.45, 2.75) is 54.5 Å². The van der Waals surface area contributed by atoms with Crippen LogP contribution in [0.15, 0.2) is 185 Å². The van der Waals surface area contributed by atoms with Crippen LogP contribution in [0.5, 0.6) is 0 Å². The maximum Gasteiger partial charge on any atom is 0.413 e. The summed E-state index contributed by atoms with van der Waals surface area (Å²) < 4.78 is 12.2. The predicted octanol–water partition coefficient (Wildman–Crippen LogP) is 9.91. The van der Waals surface area contributed by atoms with Crippen molar-refractivity contribution in [1.29, 1.82) is 0 Å². The minimum Gasteiger partial charge on any atom is -0.469 e. The molecule has 4 heterocycles. The van der Waals surface area contributed by atoms with Crippen LogP contribution in [0.1, 0.15) is 60.4 Å². The van der Waals surface area contributed by atoms with Gasteiger partial charge in [0.1, 0.15) is 33.8 Å². The highest BCUT2D eigenvalue weighted by Crippen LogP contribution is 2.44. The van der Waals surface area contributed by atoms with E-state index in [1.54, 1.807) is 44.3 Å². The molecule has 1 saturated heterocycles. The number of thioether (sulfide) groups is 2. The zero-order chi connectivity index (χ0) is 49.5. The van der Waals surface area contributed by atoms with Crippen LogP contribution in [0.2, 0.25) is 0 Å². The van der Waals surface area contributed by atoms with Gasteiger partial charge in [-0.3, -0.25) is 19.8 Å². The van der Waals surface area contributed by atoms with Gasteiger partial charge in [0.2, 0.25) is 10.7 Å². The molecule has 0 saturated carbocycles. The van der Waals surface area contributed by atoms with E-state index >= 15 is 0 Å². The molecule has 14 nitrogen and oxygen atoms in total. The first-order valence-electron chi connectivity index (χ1n) is 22.5. The summed E-state index contributed by atoms with van der Waals surface area (Å²) in [6, 6.07) is 47.3. The lowest BCUT2D eigenvalue weighted by molar-refractivity contribution is -0.144. The zero-order valence-electron chi connectivity index (χ0n) is 39.0. The van der Waals surface area contributed by atoms with Crippen molar-refractivity contribution in [1.82, 2.24) is 30.2 Å². The maximum atomic E-state index is 15.0. The summed E-state index contributed by atoms with van der Waals surface area (Å²) in [4.78, 5) is 57.1. The summed E-state index contributed by atoms with van der Waals surface area (Å²) >= 11 is 10.2. The number of nitrogens with zero attached hydrogens (tertiary/aromatic N) is 6. The van der Waals surface area contributed by atoms with Crippen molar-refractivity contribution < 1.29 is 28.7 Å². The molecule has 0 spiro atoms. The highest BCUT2D eigenvalue weighted by Gasteiger charge is 2.54. The number of nitrogens with one attached hydrogen (secondary N) is 2. The number of aryl methyl sites for hydroxylation is 1. The Morgan fingerprint density at radius 1 is 0.845 bits per heavy atom. The number of carbonyl (C=O) groups is 3. The highest BCUT2D eigenvalue weighted by molar-refractivity contribution is 8.01. The number of oxime groups is 1. The maximum absolute atomic E-state index is 15.0. The van der Waals surface area contributed by atoms with E-state index in [9.17, 15) is 14.4 Å². The third-order valence-electron chi connectivity index (χ3n) is 11.3. The van der Waals surface area contributed by atoms with Gasteiger partial charge in [0.25, 0.3) is 11.8 Å². The molecule has 18 heteroatoms. The number of fused-ring (bicyclic) bond motifs is 1. The monoisotopic (exact) mass is 1020 g/mol. The summed E-state index contributed by atoms with van der Waals surface area (Å²) in [5.74, 6) is -0.212. The van der Waals surface area contributed by atoms with E-state index < -0.39 is 46.6 Å². The Balaban J connectivity index is 1.06. The Kier molecular flexibility index (Phi) is 14.8. The molecule has 2 aliphatic rings. The summed E-state index contributed by atoms with van der Waals surface area (Å²) in [5.41, 5.74) is 3.05. The molecule has 0 aliphatic carbocycles. The Morgan fingerprint density at radius 2 is 1.39 bits per heavy atom. The second-order valence-corrected chi connectivity index (χ2v) is 20.7. The molecular formula is C53H48N8O6S4. The first-order chi connectivity index (χ1) is 34.4. The number of benzene rings is 5. The lowest BCUT2D eigenvalue weighted by atomic mass is 9.80. The first-order valence-corrected chi connectivity index (χ1v) is 25.9. The predicted molar refractivity (Wildman–Crippen MR) is 281 cm³/mol. The van der Waals surface area contributed by atoms with Crippen molar-refractivity contribution in [3.8, 4) is 0 Å². The van der Waals surface area contributed by atoms with Crippen molar-refractivity contribution >= 4 is 80.9 Å². The van der Waals surface area contributed by atoms with E-state index in [2.05, 4.69) is 25.8 Å². The first kappa shape index (κ1) is 48.9. The van der Waals surface area contributed by atoms with Crippen molar-refractivity contribution in [3.05, 3.63) is 208 Å². The van der Waals surface area contributed by atoms with Gasteiger partial charge in [-0.1, -0.05) is 169 Å². The number of hydrogen-bond donors (Lipinski definition) is 2. The molecule has 5 aromatic carbocycles. The molecule has 9 rings (SSSR count). The minimum absolute atomic E-state index is 0.0907. The summed E-state index contributed by atoms with van der Waals surface area (Å²) in [5, 5.41) is 21.0. The van der Waals surface area contributed by atoms with Gasteiger partial charge in [-0.2, -0.15) is 9.90 Å². The van der Waals surface area contributed by atoms with E-state index in [4.69, 9.17) is 31.7 Å². The molecule has 0 radical (unpaired) electrons. The average molecular weight is 1020 g/mol. The molecule has 2 atom stereocenters. The average Bonchev–Trinajstić information content (AvgIpc) is 4.03. The molecule has 0 bridgehead atoms. The highest BCUT2D eigenvalue weighted by atomic mass is 32.2. The molecule has 7 aromatic rings. The second-order valence-electron chi connectivity index (χ2n) is 17.4. The van der Waals surface area contributed by atoms with E-state index in [-0.39, 0.29) is 21.6 Å². The van der Waals surface area contributed by atoms with Crippen LogP contribution in [0.25, 0.3) is 0 Å². The number of amides is 3. The van der Waals surface area contributed by atoms with Gasteiger partial charge in [-0.25, -0.2) is 9.78 Å². The third-order valence-corrected chi connectivity index (χ3v) is 14.7. The zero-order valence-corrected chi connectivity index (χ0v) is 42.3. The molecule has 2 aliphatic heterocycles. The Morgan fingerprint density at radius 3 is 1.92 bits per heavy atom. The topological polar surface area (TPSA) is 162 Å². The lowest BCUT2D eigenvalue weighted by Crippen LogP contribution is -2.71. The molecule has 0 unspecified atom stereocenters. The molecular weight excluding hydrogens is 973 g/mol. The largest absolute Gasteiger partial charge is 0.469 e. The van der Waals surface area contributed by atoms with Gasteiger partial charge in [0, 0.05) is 40.6 Å². The number of anilines is 1. The van der Waals surface area contributed by atoms with Gasteiger partial charge in [-0.15, -0.1) is 28.2 Å². The van der Waals surface area contributed by atoms with E-state index in [0.717, 1.165) is 44.7 Å². The molecule has 3 amide bonds. The standard InChI is InChI=1S/C53H48N8O6S4/c1-52(2,3)66-51(64)57-50-55-40(33-71-50)42(59-67-53(37-24-14-7-15-25-37,38-26-16-8-17-27-38)39-28-18-9-19-29-39)46(62)56-43-47(63)61-44(36(32-70-48(43)61)31-69-41-30-54-60(4)58-41)49(68)65-45(34-20-10-5-11-21-34)35-22-12-6-13-23-35/h5-30,33,43,45,48H,31-32H2,1-4H3,(H,56,62)(H,55,57,64)/b59-42-/t43-,48-/m1/s1. The number of thiazole rings is 1. The Hall–Kier alpha value is -7.12. The van der Waals surface area contributed by atoms with Crippen molar-refractivity contribution in [2.75, 3.05) is 16.8 Å². The molecule has 71 heavy (non-hydrogen) atoms. The van der Waals surface area contributed by atoms with Crippen LogP contribution in [0.4, 0.5) is 9.93 Å². The molecule has 1 fully saturated rings. The molecule has 2 aromatic heterocycles. The normalized spacial score (nSPS) is 15.9. The van der Waals surface area contributed by atoms with Gasteiger partial charge < -0.3 is 19.6 Å². The molecule has 360 valence electrons. The number of rotatable bonds is 16. The van der Waals surface area contributed by atoms with Crippen LogP contribution in [-0.2, 0) is 36.5 Å². The number of β-lactam (4-membered cyclic amide) rings is 1. The van der Waals surface area contributed by atoms with Crippen LogP contribution in [0.3, 0.4) is 0 Å². The Labute approximate surface area is 428 Å². The van der Waals surface area contributed by atoms with Crippen LogP contribution in [0, 0.1) is 0 Å². The van der Waals surface area contributed by atoms with Crippen LogP contribution < -0.4 is 10.6 Å². The Bertz CT molecular complexity index is 2940. The fraction of sp³-hybridized carbons (Fsp3) is 0.208. The van der Waals surface area contributed by atoms with Crippen molar-refractivity contribution in [2.24, 2.45) is 12.2 Å². The summed E-state index contributed by atoms with van der Waals surface area (Å²) in [6.45, 7) is 5.26. The second kappa shape index (κ2) is 21.5. The SMILES string of the molecule is Cn1ncc(SCC2=C(C(=S)OC(c3ccccc3)c3ccccc3)N3C(=O)[C@@H](NC(=O)/C(=N\OC(c4ccccc4)(c4ccccc4)c4ccccc4)c4csc(NC(=O)OC(C)(C)C)n4)[C@H]3SC2)n1. The summed E-state index contributed by atoms with van der Waals surface area (Å²) in [6.07, 6.45) is 0.389. The van der Waals surface area contributed by atoms with E-state index in [1.165, 1.54) is 28.3 Å². The van der Waals surface area contributed by atoms with Crippen LogP contribution >= 0.6 is 47.1 Å². The number of thiocarbonyl (C=S) groups is 1. The number of hydrogen-bond acceptors (Lipinski definition) is 14. The van der Waals surface area contributed by atoms with E-state index in [0.29, 0.717) is 22.2 Å². The van der Waals surface area contributed by atoms with Gasteiger partial charge >= 0.3 is 6.09 Å². The number of ether oxygens (including phenoxy) is 2. The smallest absolute Gasteiger partial charge is 0.413 e. The number of carbonyl (C=O) groups excluding carboxylic acids is 3. The van der Waals surface area contributed by atoms with E-state index in [1.807, 2.05) is 152 Å². The lowest BCUT2D eigenvalue weighted by Gasteiger charge is -2.50. The minimum atomic E-state index is -1.36. The van der Waals surface area contributed by atoms with Crippen molar-refractivity contribution in [3.63, 3.8) is 0 Å². The van der Waals surface area contributed by atoms with Gasteiger partial charge in [0.05, 0.1) is 11.9 Å². The molecule has 2 N–H and O–H groups in total. The quantitative estimate of drug-likeness (QED) is 0.0236. The fourth-order valence-corrected chi connectivity index (χ4v) is 11.5. The van der Waals surface area contributed by atoms with Crippen LogP contribution in [-0.4, -0.2) is 82.1 Å².